The molecule has 0 aromatic carbocycles. The lowest BCUT2D eigenvalue weighted by Gasteiger charge is -2.13. The van der Waals surface area contributed by atoms with Gasteiger partial charge in [0, 0.05) is 11.5 Å². The number of carbonyl (C=O) groups is 1. The van der Waals surface area contributed by atoms with Gasteiger partial charge in [0.2, 0.25) is 5.76 Å². The van der Waals surface area contributed by atoms with Gasteiger partial charge in [-0.05, 0) is 11.6 Å². The summed E-state index contributed by atoms with van der Waals surface area (Å²) >= 11 is 0. The van der Waals surface area contributed by atoms with Gasteiger partial charge in [-0.2, -0.15) is 0 Å². The molecule has 0 N–H and O–H groups in total. The minimum absolute atomic E-state index is 0.0911. The lowest BCUT2D eigenvalue weighted by atomic mass is 10.3. The summed E-state index contributed by atoms with van der Waals surface area (Å²) in [6, 6.07) is 0. The van der Waals surface area contributed by atoms with E-state index >= 15 is 0 Å². The van der Waals surface area contributed by atoms with Crippen molar-refractivity contribution >= 4 is 5.97 Å². The Balaban J connectivity index is 2.22. The topological polar surface area (TPSA) is 93.5 Å². The molecule has 0 atom stereocenters. The van der Waals surface area contributed by atoms with Crippen molar-refractivity contribution in [3.8, 4) is 0 Å². The molecular weight excluding hydrogens is 202 g/mol. The molecule has 0 aromatic rings. The first-order chi connectivity index (χ1) is 7.33. The summed E-state index contributed by atoms with van der Waals surface area (Å²) in [5.74, 6) is 0.0619. The summed E-state index contributed by atoms with van der Waals surface area (Å²) in [6.07, 6.45) is 1.47. The van der Waals surface area contributed by atoms with Crippen molar-refractivity contribution in [1.82, 2.24) is 0 Å². The zero-order valence-electron chi connectivity index (χ0n) is 7.67. The van der Waals surface area contributed by atoms with Crippen molar-refractivity contribution in [3.05, 3.63) is 33.8 Å². The molecule has 7 heteroatoms. The van der Waals surface area contributed by atoms with Crippen molar-refractivity contribution in [2.24, 2.45) is 5.11 Å². The van der Waals surface area contributed by atoms with Gasteiger partial charge in [0.25, 0.3) is 5.76 Å². The smallest absolute Gasteiger partial charge is 0.383 e. The number of azide groups is 1. The van der Waals surface area contributed by atoms with E-state index in [2.05, 4.69) is 10.0 Å². The van der Waals surface area contributed by atoms with E-state index in [0.29, 0.717) is 19.0 Å². The fraction of sp³-hybridized carbons (Fsp3) is 0.375. The standard InChI is InChI=1S/C8H7N3O4/c9-11-10-2-1-5-6-7(8(12)15-5)14-4-3-13-6/h1H,2-4H2/b5-1-. The van der Waals surface area contributed by atoms with Crippen LogP contribution in [0.4, 0.5) is 0 Å². The lowest BCUT2D eigenvalue weighted by molar-refractivity contribution is -0.136. The molecular formula is C8H7N3O4. The van der Waals surface area contributed by atoms with Gasteiger partial charge in [-0.3, -0.25) is 0 Å². The van der Waals surface area contributed by atoms with E-state index in [-0.39, 0.29) is 18.1 Å². The van der Waals surface area contributed by atoms with E-state index in [1.54, 1.807) is 0 Å². The fourth-order valence-electron chi connectivity index (χ4n) is 1.24. The SMILES string of the molecule is [N-]=[N+]=NC/C=C1\OC(=O)C2=C1OCCO2. The Kier molecular flexibility index (Phi) is 2.47. The second-order valence-electron chi connectivity index (χ2n) is 2.73. The van der Waals surface area contributed by atoms with Crippen LogP contribution >= 0.6 is 0 Å². The van der Waals surface area contributed by atoms with Crippen LogP contribution in [0.1, 0.15) is 0 Å². The number of ether oxygens (including phenoxy) is 3. The third-order valence-corrected chi connectivity index (χ3v) is 1.82. The highest BCUT2D eigenvalue weighted by Crippen LogP contribution is 2.30. The maximum Gasteiger partial charge on any atom is 0.383 e. The molecule has 2 heterocycles. The zero-order chi connectivity index (χ0) is 10.7. The molecule has 15 heavy (non-hydrogen) atoms. The maximum absolute atomic E-state index is 11.2. The average molecular weight is 209 g/mol. The van der Waals surface area contributed by atoms with Crippen molar-refractivity contribution in [1.29, 1.82) is 0 Å². The minimum Gasteiger partial charge on any atom is -0.483 e. The average Bonchev–Trinajstić information content (AvgIpc) is 2.58. The Morgan fingerprint density at radius 3 is 2.87 bits per heavy atom. The number of carbonyl (C=O) groups excluding carboxylic acids is 1. The van der Waals surface area contributed by atoms with Crippen molar-refractivity contribution in [3.63, 3.8) is 0 Å². The van der Waals surface area contributed by atoms with E-state index in [4.69, 9.17) is 19.7 Å². The Hall–Kier alpha value is -2.14. The number of hydrogen-bond acceptors (Lipinski definition) is 5. The van der Waals surface area contributed by atoms with Gasteiger partial charge in [-0.15, -0.1) is 0 Å². The monoisotopic (exact) mass is 209 g/mol. The Labute approximate surface area is 84.5 Å². The van der Waals surface area contributed by atoms with Gasteiger partial charge in [0.1, 0.15) is 13.2 Å². The molecule has 78 valence electrons. The number of rotatable bonds is 2. The molecule has 7 nitrogen and oxygen atoms in total. The minimum atomic E-state index is -0.572. The van der Waals surface area contributed by atoms with Crippen LogP contribution in [-0.2, 0) is 19.0 Å². The molecule has 0 unspecified atom stereocenters. The van der Waals surface area contributed by atoms with Gasteiger partial charge < -0.3 is 14.2 Å². The summed E-state index contributed by atoms with van der Waals surface area (Å²) < 4.78 is 15.2. The van der Waals surface area contributed by atoms with E-state index in [1.807, 2.05) is 0 Å². The maximum atomic E-state index is 11.2. The molecule has 0 aromatic heterocycles. The second-order valence-corrected chi connectivity index (χ2v) is 2.73. The van der Waals surface area contributed by atoms with E-state index < -0.39 is 5.97 Å². The van der Waals surface area contributed by atoms with Crippen molar-refractivity contribution < 1.29 is 19.0 Å². The summed E-state index contributed by atoms with van der Waals surface area (Å²) in [7, 11) is 0. The highest BCUT2D eigenvalue weighted by atomic mass is 16.6. The molecule has 0 aliphatic carbocycles. The quantitative estimate of drug-likeness (QED) is 0.293. The number of esters is 1. The predicted molar refractivity (Wildman–Crippen MR) is 47.1 cm³/mol. The van der Waals surface area contributed by atoms with Crippen LogP contribution in [-0.4, -0.2) is 25.7 Å². The third-order valence-electron chi connectivity index (χ3n) is 1.82. The van der Waals surface area contributed by atoms with Crippen LogP contribution in [0.3, 0.4) is 0 Å². The third kappa shape index (κ3) is 1.72. The molecule has 0 radical (unpaired) electrons. The Morgan fingerprint density at radius 1 is 1.40 bits per heavy atom. The molecule has 0 saturated carbocycles. The molecule has 2 rings (SSSR count). The normalized spacial score (nSPS) is 21.3. The number of cyclic esters (lactones) is 1. The highest BCUT2D eigenvalue weighted by Gasteiger charge is 2.35. The zero-order valence-corrected chi connectivity index (χ0v) is 7.67. The van der Waals surface area contributed by atoms with Gasteiger partial charge in [-0.25, -0.2) is 4.79 Å². The molecule has 0 fully saturated rings. The first-order valence-electron chi connectivity index (χ1n) is 4.26. The molecule has 0 saturated heterocycles. The van der Waals surface area contributed by atoms with Gasteiger partial charge in [0.15, 0.2) is 5.76 Å². The Morgan fingerprint density at radius 2 is 2.13 bits per heavy atom. The van der Waals surface area contributed by atoms with E-state index in [9.17, 15) is 4.79 Å². The first kappa shape index (κ1) is 9.42. The lowest BCUT2D eigenvalue weighted by Crippen LogP contribution is -2.14. The van der Waals surface area contributed by atoms with E-state index in [1.165, 1.54) is 6.08 Å². The molecule has 0 bridgehead atoms. The van der Waals surface area contributed by atoms with Crippen LogP contribution in [0.25, 0.3) is 10.4 Å². The number of nitrogens with zero attached hydrogens (tertiary/aromatic N) is 3. The second kappa shape index (κ2) is 3.93. The summed E-state index contributed by atoms with van der Waals surface area (Å²) in [5, 5.41) is 3.29. The van der Waals surface area contributed by atoms with Crippen molar-refractivity contribution in [2.75, 3.05) is 19.8 Å². The van der Waals surface area contributed by atoms with Crippen LogP contribution in [0.15, 0.2) is 28.5 Å². The van der Waals surface area contributed by atoms with Gasteiger partial charge in [0.05, 0.1) is 0 Å². The largest absolute Gasteiger partial charge is 0.483 e. The van der Waals surface area contributed by atoms with Crippen LogP contribution < -0.4 is 0 Å². The molecule has 2 aliphatic rings. The van der Waals surface area contributed by atoms with Crippen LogP contribution in [0.2, 0.25) is 0 Å². The van der Waals surface area contributed by atoms with Crippen LogP contribution in [0, 0.1) is 0 Å². The first-order valence-corrected chi connectivity index (χ1v) is 4.26. The van der Waals surface area contributed by atoms with Gasteiger partial charge in [-0.1, -0.05) is 5.11 Å². The molecule has 0 spiro atoms. The van der Waals surface area contributed by atoms with Gasteiger partial charge >= 0.3 is 5.97 Å². The number of hydrogen-bond donors (Lipinski definition) is 0. The summed E-state index contributed by atoms with van der Waals surface area (Å²) in [4.78, 5) is 13.8. The van der Waals surface area contributed by atoms with Crippen molar-refractivity contribution in [2.45, 2.75) is 0 Å². The highest BCUT2D eigenvalue weighted by molar-refractivity contribution is 5.91. The summed E-state index contributed by atoms with van der Waals surface area (Å²) in [6.45, 7) is 0.797. The summed E-state index contributed by atoms with van der Waals surface area (Å²) in [5.41, 5.74) is 8.08. The fourth-order valence-corrected chi connectivity index (χ4v) is 1.24. The predicted octanol–water partition coefficient (Wildman–Crippen LogP) is 0.996. The van der Waals surface area contributed by atoms with Crippen LogP contribution in [0.5, 0.6) is 0 Å². The molecule has 2 aliphatic heterocycles. The van der Waals surface area contributed by atoms with E-state index in [0.717, 1.165) is 0 Å². The Bertz CT molecular complexity index is 406. The molecule has 0 amide bonds.